The van der Waals surface area contributed by atoms with Crippen molar-refractivity contribution in [1.82, 2.24) is 0 Å². The molecular formula is C17H19Cl2NO. The normalized spacial score (nSPS) is 12.0. The third kappa shape index (κ3) is 4.55. The van der Waals surface area contributed by atoms with E-state index in [1.54, 1.807) is 0 Å². The van der Waals surface area contributed by atoms with Crippen LogP contribution in [0.25, 0.3) is 0 Å². The van der Waals surface area contributed by atoms with E-state index in [0.717, 1.165) is 28.4 Å². The van der Waals surface area contributed by atoms with E-state index in [9.17, 15) is 0 Å². The zero-order valence-corrected chi connectivity index (χ0v) is 13.7. The average molecular weight is 324 g/mol. The van der Waals surface area contributed by atoms with Gasteiger partial charge in [0.25, 0.3) is 0 Å². The molecule has 4 heteroatoms. The SMILES string of the molecule is CCCOc1ccc(Cl)cc1NC(C)c1ccc(Cl)cc1. The van der Waals surface area contributed by atoms with Gasteiger partial charge in [-0.2, -0.15) is 0 Å². The lowest BCUT2D eigenvalue weighted by atomic mass is 10.1. The highest BCUT2D eigenvalue weighted by molar-refractivity contribution is 6.31. The van der Waals surface area contributed by atoms with Crippen LogP contribution in [0.2, 0.25) is 10.0 Å². The summed E-state index contributed by atoms with van der Waals surface area (Å²) < 4.78 is 5.75. The van der Waals surface area contributed by atoms with Gasteiger partial charge in [0, 0.05) is 16.1 Å². The van der Waals surface area contributed by atoms with Crippen LogP contribution in [0.3, 0.4) is 0 Å². The molecule has 2 aromatic rings. The Hall–Kier alpha value is -1.38. The smallest absolute Gasteiger partial charge is 0.142 e. The molecule has 112 valence electrons. The average Bonchev–Trinajstić information content (AvgIpc) is 2.47. The first-order chi connectivity index (χ1) is 10.1. The molecule has 0 aromatic heterocycles. The van der Waals surface area contributed by atoms with Crippen LogP contribution >= 0.6 is 23.2 Å². The van der Waals surface area contributed by atoms with Gasteiger partial charge in [-0.25, -0.2) is 0 Å². The quantitative estimate of drug-likeness (QED) is 0.708. The van der Waals surface area contributed by atoms with Gasteiger partial charge >= 0.3 is 0 Å². The first kappa shape index (κ1) is 16.0. The lowest BCUT2D eigenvalue weighted by Crippen LogP contribution is -2.08. The molecule has 1 atom stereocenters. The summed E-state index contributed by atoms with van der Waals surface area (Å²) in [6.07, 6.45) is 0.967. The maximum atomic E-state index is 6.09. The largest absolute Gasteiger partial charge is 0.491 e. The minimum atomic E-state index is 0.129. The fraction of sp³-hybridized carbons (Fsp3) is 0.294. The van der Waals surface area contributed by atoms with E-state index < -0.39 is 0 Å². The maximum Gasteiger partial charge on any atom is 0.142 e. The highest BCUT2D eigenvalue weighted by Crippen LogP contribution is 2.31. The van der Waals surface area contributed by atoms with E-state index in [1.165, 1.54) is 0 Å². The molecule has 1 N–H and O–H groups in total. The van der Waals surface area contributed by atoms with Crippen LogP contribution in [0.4, 0.5) is 5.69 Å². The number of nitrogens with one attached hydrogen (secondary N) is 1. The van der Waals surface area contributed by atoms with E-state index in [2.05, 4.69) is 19.2 Å². The molecule has 0 aliphatic carbocycles. The molecule has 2 nitrogen and oxygen atoms in total. The number of hydrogen-bond donors (Lipinski definition) is 1. The molecule has 2 aromatic carbocycles. The van der Waals surface area contributed by atoms with Crippen molar-refractivity contribution in [3.05, 3.63) is 58.1 Å². The van der Waals surface area contributed by atoms with Crippen LogP contribution in [-0.2, 0) is 0 Å². The van der Waals surface area contributed by atoms with Crippen LogP contribution in [0, 0.1) is 0 Å². The summed E-state index contributed by atoms with van der Waals surface area (Å²) in [6, 6.07) is 13.6. The molecule has 0 aliphatic heterocycles. The molecule has 0 saturated carbocycles. The van der Waals surface area contributed by atoms with Gasteiger partial charge in [0.1, 0.15) is 5.75 Å². The predicted octanol–water partition coefficient (Wildman–Crippen LogP) is 5.96. The summed E-state index contributed by atoms with van der Waals surface area (Å²) in [5.41, 5.74) is 2.05. The van der Waals surface area contributed by atoms with Crippen LogP contribution in [0.15, 0.2) is 42.5 Å². The van der Waals surface area contributed by atoms with Crippen molar-refractivity contribution in [2.45, 2.75) is 26.3 Å². The van der Waals surface area contributed by atoms with Gasteiger partial charge in [-0.1, -0.05) is 42.3 Å². The van der Waals surface area contributed by atoms with Crippen molar-refractivity contribution in [2.24, 2.45) is 0 Å². The first-order valence-corrected chi connectivity index (χ1v) is 7.80. The van der Waals surface area contributed by atoms with Crippen molar-refractivity contribution in [3.8, 4) is 5.75 Å². The topological polar surface area (TPSA) is 21.3 Å². The maximum absolute atomic E-state index is 6.09. The molecule has 0 aliphatic rings. The molecule has 0 bridgehead atoms. The van der Waals surface area contributed by atoms with E-state index in [1.807, 2.05) is 42.5 Å². The molecule has 0 radical (unpaired) electrons. The van der Waals surface area contributed by atoms with Gasteiger partial charge in [-0.3, -0.25) is 0 Å². The van der Waals surface area contributed by atoms with E-state index in [4.69, 9.17) is 27.9 Å². The zero-order valence-electron chi connectivity index (χ0n) is 12.2. The molecule has 0 saturated heterocycles. The summed E-state index contributed by atoms with van der Waals surface area (Å²) in [5, 5.41) is 4.87. The van der Waals surface area contributed by atoms with Crippen LogP contribution in [0.5, 0.6) is 5.75 Å². The Bertz CT molecular complexity index is 584. The van der Waals surface area contributed by atoms with Crippen molar-refractivity contribution >= 4 is 28.9 Å². The van der Waals surface area contributed by atoms with Crippen molar-refractivity contribution in [2.75, 3.05) is 11.9 Å². The second kappa shape index (κ2) is 7.58. The highest BCUT2D eigenvalue weighted by Gasteiger charge is 2.10. The fourth-order valence-electron chi connectivity index (χ4n) is 2.02. The van der Waals surface area contributed by atoms with E-state index in [0.29, 0.717) is 11.6 Å². The third-order valence-corrected chi connectivity index (χ3v) is 3.63. The van der Waals surface area contributed by atoms with Crippen LogP contribution in [0.1, 0.15) is 31.9 Å². The third-order valence-electron chi connectivity index (χ3n) is 3.15. The molecule has 1 unspecified atom stereocenters. The van der Waals surface area contributed by atoms with Crippen LogP contribution < -0.4 is 10.1 Å². The summed E-state index contributed by atoms with van der Waals surface area (Å²) in [7, 11) is 0. The second-order valence-electron chi connectivity index (χ2n) is 4.91. The highest BCUT2D eigenvalue weighted by atomic mass is 35.5. The van der Waals surface area contributed by atoms with Gasteiger partial charge in [0.05, 0.1) is 12.3 Å². The number of rotatable bonds is 6. The molecule has 0 heterocycles. The predicted molar refractivity (Wildman–Crippen MR) is 90.7 cm³/mol. The Labute approximate surface area is 136 Å². The van der Waals surface area contributed by atoms with Gasteiger partial charge in [0.15, 0.2) is 0 Å². The molecule has 2 rings (SSSR count). The number of ether oxygens (including phenoxy) is 1. The molecule has 0 fully saturated rings. The monoisotopic (exact) mass is 323 g/mol. The van der Waals surface area contributed by atoms with Crippen LogP contribution in [-0.4, -0.2) is 6.61 Å². The standard InChI is InChI=1S/C17H19Cl2NO/c1-3-10-21-17-9-8-15(19)11-16(17)20-12(2)13-4-6-14(18)7-5-13/h4-9,11-12,20H,3,10H2,1-2H3. The van der Waals surface area contributed by atoms with E-state index >= 15 is 0 Å². The number of benzene rings is 2. The minimum Gasteiger partial charge on any atom is -0.491 e. The Morgan fingerprint density at radius 3 is 2.38 bits per heavy atom. The first-order valence-electron chi connectivity index (χ1n) is 7.04. The van der Waals surface area contributed by atoms with Crippen molar-refractivity contribution in [3.63, 3.8) is 0 Å². The van der Waals surface area contributed by atoms with E-state index in [-0.39, 0.29) is 6.04 Å². The lowest BCUT2D eigenvalue weighted by molar-refractivity contribution is 0.318. The van der Waals surface area contributed by atoms with Gasteiger partial charge < -0.3 is 10.1 Å². The Kier molecular flexibility index (Phi) is 5.77. The number of anilines is 1. The molecule has 0 amide bonds. The lowest BCUT2D eigenvalue weighted by Gasteiger charge is -2.19. The summed E-state index contributed by atoms with van der Waals surface area (Å²) in [4.78, 5) is 0. The Balaban J connectivity index is 2.17. The molecule has 21 heavy (non-hydrogen) atoms. The Morgan fingerprint density at radius 1 is 1.05 bits per heavy atom. The summed E-state index contributed by atoms with van der Waals surface area (Å²) in [5.74, 6) is 0.821. The number of hydrogen-bond acceptors (Lipinski definition) is 2. The fourth-order valence-corrected chi connectivity index (χ4v) is 2.32. The van der Waals surface area contributed by atoms with Gasteiger partial charge in [-0.15, -0.1) is 0 Å². The minimum absolute atomic E-state index is 0.129. The summed E-state index contributed by atoms with van der Waals surface area (Å²) in [6.45, 7) is 4.86. The summed E-state index contributed by atoms with van der Waals surface area (Å²) >= 11 is 12.0. The Morgan fingerprint density at radius 2 is 1.71 bits per heavy atom. The van der Waals surface area contributed by atoms with Crippen molar-refractivity contribution < 1.29 is 4.74 Å². The van der Waals surface area contributed by atoms with Gasteiger partial charge in [-0.05, 0) is 49.2 Å². The van der Waals surface area contributed by atoms with Crippen molar-refractivity contribution in [1.29, 1.82) is 0 Å². The molecule has 0 spiro atoms. The second-order valence-corrected chi connectivity index (χ2v) is 5.78. The zero-order chi connectivity index (χ0) is 15.2. The number of halogens is 2. The molecular weight excluding hydrogens is 305 g/mol. The van der Waals surface area contributed by atoms with Gasteiger partial charge in [0.2, 0.25) is 0 Å².